The molecule has 0 radical (unpaired) electrons. The predicted octanol–water partition coefficient (Wildman–Crippen LogP) is 5.85. The molecule has 0 unspecified atom stereocenters. The minimum absolute atomic E-state index is 0.272. The minimum Gasteiger partial charge on any atom is -0.459 e. The molecule has 3 aromatic rings. The molecule has 0 aliphatic rings. The summed E-state index contributed by atoms with van der Waals surface area (Å²) in [5.74, 6) is 0.404. The number of carbonyl (C=O) groups excluding carboxylic acids is 1. The second-order valence-electron chi connectivity index (χ2n) is 9.72. The van der Waals surface area contributed by atoms with Crippen molar-refractivity contribution in [1.29, 1.82) is 0 Å². The molecule has 0 spiro atoms. The molecule has 9 heteroatoms. The summed E-state index contributed by atoms with van der Waals surface area (Å²) in [6, 6.07) is 13.2. The van der Waals surface area contributed by atoms with Crippen LogP contribution in [0.3, 0.4) is 0 Å². The molecule has 0 saturated carbocycles. The van der Waals surface area contributed by atoms with Crippen molar-refractivity contribution in [2.45, 2.75) is 58.8 Å². The number of nitrogens with one attached hydrogen (secondary N) is 2. The van der Waals surface area contributed by atoms with E-state index in [1.165, 1.54) is 0 Å². The number of ether oxygens (including phenoxy) is 1. The maximum absolute atomic E-state index is 12.5. The fourth-order valence-corrected chi connectivity index (χ4v) is 3.71. The van der Waals surface area contributed by atoms with E-state index < -0.39 is 11.1 Å². The quantitative estimate of drug-likeness (QED) is 0.323. The highest BCUT2D eigenvalue weighted by Crippen LogP contribution is 2.27. The average Bonchev–Trinajstić information content (AvgIpc) is 2.77. The van der Waals surface area contributed by atoms with Crippen molar-refractivity contribution in [3.8, 4) is 11.3 Å². The highest BCUT2D eigenvalue weighted by molar-refractivity contribution is 6.36. The van der Waals surface area contributed by atoms with E-state index in [0.29, 0.717) is 34.6 Å². The number of nitrogens with two attached hydrogens (primary N) is 1. The molecule has 3 rings (SSSR count). The van der Waals surface area contributed by atoms with E-state index in [9.17, 15) is 4.79 Å². The topological polar surface area (TPSA) is 102 Å². The zero-order valence-electron chi connectivity index (χ0n) is 20.6. The van der Waals surface area contributed by atoms with E-state index in [1.54, 1.807) is 38.2 Å². The third kappa shape index (κ3) is 7.31. The number of rotatable bonds is 8. The first-order valence-corrected chi connectivity index (χ1v) is 12.0. The molecule has 0 amide bonds. The first-order valence-electron chi connectivity index (χ1n) is 11.2. The first kappa shape index (κ1) is 26.7. The molecule has 7 nitrogen and oxygen atoms in total. The lowest BCUT2D eigenvalue weighted by molar-refractivity contribution is -0.161. The van der Waals surface area contributed by atoms with Crippen molar-refractivity contribution in [3.05, 3.63) is 69.8 Å². The Kier molecular flexibility index (Phi) is 8.26. The molecule has 0 aliphatic carbocycles. The fourth-order valence-electron chi connectivity index (χ4n) is 3.18. The van der Waals surface area contributed by atoms with Crippen molar-refractivity contribution >= 4 is 40.8 Å². The standard InChI is InChI=1S/C26H31Cl2N5O2/c1-25(2,3)35-24(34)26(4,5)32-13-16-8-6-9-17(12-16)21-15-30-22(29)23(33-21)31-14-18-19(27)10-7-11-20(18)28/h6-12,15,32H,13-14H2,1-5H3,(H2,29,30)(H,31,33). The number of nitrogens with zero attached hydrogens (tertiary/aromatic N) is 2. The van der Waals surface area contributed by atoms with Crippen LogP contribution in [0.15, 0.2) is 48.7 Å². The Morgan fingerprint density at radius 2 is 1.69 bits per heavy atom. The summed E-state index contributed by atoms with van der Waals surface area (Å²) in [4.78, 5) is 21.5. The molecule has 35 heavy (non-hydrogen) atoms. The monoisotopic (exact) mass is 515 g/mol. The lowest BCUT2D eigenvalue weighted by Gasteiger charge is -2.29. The van der Waals surface area contributed by atoms with Gasteiger partial charge in [-0.2, -0.15) is 0 Å². The number of anilines is 2. The summed E-state index contributed by atoms with van der Waals surface area (Å²) in [7, 11) is 0. The van der Waals surface area contributed by atoms with Crippen LogP contribution in [0.2, 0.25) is 10.0 Å². The maximum Gasteiger partial charge on any atom is 0.326 e. The smallest absolute Gasteiger partial charge is 0.326 e. The van der Waals surface area contributed by atoms with Crippen LogP contribution in [-0.2, 0) is 22.6 Å². The summed E-state index contributed by atoms with van der Waals surface area (Å²) in [5, 5.41) is 7.57. The summed E-state index contributed by atoms with van der Waals surface area (Å²) in [6.45, 7) is 9.99. The van der Waals surface area contributed by atoms with Gasteiger partial charge in [0.2, 0.25) is 0 Å². The second kappa shape index (κ2) is 10.8. The Labute approximate surface area is 216 Å². The van der Waals surface area contributed by atoms with Crippen LogP contribution in [0.1, 0.15) is 45.7 Å². The van der Waals surface area contributed by atoms with Gasteiger partial charge < -0.3 is 15.8 Å². The van der Waals surface area contributed by atoms with Gasteiger partial charge >= 0.3 is 5.97 Å². The van der Waals surface area contributed by atoms with Crippen molar-refractivity contribution < 1.29 is 9.53 Å². The average molecular weight is 516 g/mol. The molecule has 2 aromatic carbocycles. The van der Waals surface area contributed by atoms with Gasteiger partial charge in [-0.05, 0) is 58.4 Å². The number of nitrogen functional groups attached to an aromatic ring is 1. The summed E-state index contributed by atoms with van der Waals surface area (Å²) in [6.07, 6.45) is 1.63. The molecule has 0 fully saturated rings. The van der Waals surface area contributed by atoms with Gasteiger partial charge in [-0.25, -0.2) is 9.97 Å². The van der Waals surface area contributed by atoms with Gasteiger partial charge in [-0.1, -0.05) is 47.5 Å². The van der Waals surface area contributed by atoms with Crippen LogP contribution in [0.5, 0.6) is 0 Å². The van der Waals surface area contributed by atoms with Crippen LogP contribution in [-0.4, -0.2) is 27.1 Å². The molecule has 0 saturated heterocycles. The first-order chi connectivity index (χ1) is 16.4. The Hall–Kier alpha value is -2.87. The van der Waals surface area contributed by atoms with Crippen molar-refractivity contribution in [1.82, 2.24) is 15.3 Å². The fraction of sp³-hybridized carbons (Fsp3) is 0.346. The van der Waals surface area contributed by atoms with E-state index >= 15 is 0 Å². The Balaban J connectivity index is 1.74. The van der Waals surface area contributed by atoms with Crippen molar-refractivity contribution in [3.63, 3.8) is 0 Å². The number of hydrogen-bond acceptors (Lipinski definition) is 7. The Morgan fingerprint density at radius 1 is 1.03 bits per heavy atom. The summed E-state index contributed by atoms with van der Waals surface area (Å²) < 4.78 is 5.52. The zero-order chi connectivity index (χ0) is 25.8. The van der Waals surface area contributed by atoms with Crippen LogP contribution in [0.4, 0.5) is 11.6 Å². The van der Waals surface area contributed by atoms with Gasteiger partial charge in [0.1, 0.15) is 11.1 Å². The number of carbonyl (C=O) groups is 1. The van der Waals surface area contributed by atoms with E-state index in [2.05, 4.69) is 20.6 Å². The van der Waals surface area contributed by atoms with E-state index in [1.807, 2.05) is 45.0 Å². The molecule has 0 bridgehead atoms. The van der Waals surface area contributed by atoms with Gasteiger partial charge in [0.05, 0.1) is 11.9 Å². The molecule has 1 heterocycles. The molecule has 4 N–H and O–H groups in total. The molecular weight excluding hydrogens is 485 g/mol. The van der Waals surface area contributed by atoms with Gasteiger partial charge in [0.25, 0.3) is 0 Å². The normalized spacial score (nSPS) is 11.9. The van der Waals surface area contributed by atoms with Crippen LogP contribution >= 0.6 is 23.2 Å². The highest BCUT2D eigenvalue weighted by Gasteiger charge is 2.32. The maximum atomic E-state index is 12.5. The third-order valence-electron chi connectivity index (χ3n) is 5.16. The Bertz CT molecular complexity index is 1190. The van der Waals surface area contributed by atoms with E-state index in [0.717, 1.165) is 16.7 Å². The van der Waals surface area contributed by atoms with Crippen molar-refractivity contribution in [2.24, 2.45) is 0 Å². The van der Waals surface area contributed by atoms with Crippen LogP contribution in [0.25, 0.3) is 11.3 Å². The third-order valence-corrected chi connectivity index (χ3v) is 5.87. The van der Waals surface area contributed by atoms with Crippen LogP contribution < -0.4 is 16.4 Å². The largest absolute Gasteiger partial charge is 0.459 e. The van der Waals surface area contributed by atoms with E-state index in [4.69, 9.17) is 33.7 Å². The number of esters is 1. The van der Waals surface area contributed by atoms with E-state index in [-0.39, 0.29) is 11.8 Å². The number of benzene rings is 2. The summed E-state index contributed by atoms with van der Waals surface area (Å²) >= 11 is 12.5. The van der Waals surface area contributed by atoms with Crippen LogP contribution in [0, 0.1) is 0 Å². The van der Waals surface area contributed by atoms with Gasteiger partial charge in [0.15, 0.2) is 11.6 Å². The molecule has 0 aliphatic heterocycles. The van der Waals surface area contributed by atoms with Gasteiger partial charge in [0, 0.05) is 34.3 Å². The predicted molar refractivity (Wildman–Crippen MR) is 142 cm³/mol. The minimum atomic E-state index is -0.846. The molecular formula is C26H31Cl2N5O2. The lowest BCUT2D eigenvalue weighted by Crippen LogP contribution is -2.49. The van der Waals surface area contributed by atoms with Crippen molar-refractivity contribution in [2.75, 3.05) is 11.1 Å². The SMILES string of the molecule is CC(C)(C)OC(=O)C(C)(C)NCc1cccc(-c2cnc(N)c(NCc3c(Cl)cccc3Cl)n2)c1. The number of halogens is 2. The molecule has 186 valence electrons. The van der Waals surface area contributed by atoms with Gasteiger partial charge in [-0.3, -0.25) is 10.1 Å². The lowest BCUT2D eigenvalue weighted by atomic mass is 10.0. The highest BCUT2D eigenvalue weighted by atomic mass is 35.5. The van der Waals surface area contributed by atoms with Gasteiger partial charge in [-0.15, -0.1) is 0 Å². The number of aromatic nitrogens is 2. The Morgan fingerprint density at radius 3 is 2.34 bits per heavy atom. The zero-order valence-corrected chi connectivity index (χ0v) is 22.1. The molecule has 1 aromatic heterocycles. The second-order valence-corrected chi connectivity index (χ2v) is 10.5. The molecule has 0 atom stereocenters. The summed E-state index contributed by atoms with van der Waals surface area (Å²) in [5.41, 5.74) is 7.91. The number of hydrogen-bond donors (Lipinski definition) is 3.